The van der Waals surface area contributed by atoms with Gasteiger partial charge in [-0.25, -0.2) is 4.98 Å². The molecule has 3 aromatic rings. The minimum Gasteiger partial charge on any atom is -0.497 e. The molecule has 2 aromatic carbocycles. The van der Waals surface area contributed by atoms with Crippen molar-refractivity contribution in [3.8, 4) is 5.75 Å². The predicted octanol–water partition coefficient (Wildman–Crippen LogP) is 4.58. The number of aromatic nitrogens is 1. The number of benzene rings is 2. The van der Waals surface area contributed by atoms with Gasteiger partial charge in [0.15, 0.2) is 0 Å². The molecule has 0 aliphatic rings. The highest BCUT2D eigenvalue weighted by atomic mass is 35.5. The fourth-order valence-corrected chi connectivity index (χ4v) is 3.23. The average Bonchev–Trinajstić information content (AvgIpc) is 2.75. The molecule has 0 atom stereocenters. The summed E-state index contributed by atoms with van der Waals surface area (Å²) in [6.07, 6.45) is 0. The largest absolute Gasteiger partial charge is 0.497 e. The SMILES string of the molecule is COc1cccc(C(=O)N(C)Cc2cccc(Cl)c2NC(=O)c2cccc(C)n2)c1. The number of amides is 2. The maximum atomic E-state index is 12.8. The first-order valence-electron chi connectivity index (χ1n) is 9.31. The van der Waals surface area contributed by atoms with Gasteiger partial charge in [-0.2, -0.15) is 0 Å². The van der Waals surface area contributed by atoms with E-state index in [0.717, 1.165) is 5.69 Å². The van der Waals surface area contributed by atoms with E-state index >= 15 is 0 Å². The molecule has 1 heterocycles. The lowest BCUT2D eigenvalue weighted by atomic mass is 10.1. The van der Waals surface area contributed by atoms with Crippen LogP contribution in [-0.4, -0.2) is 35.9 Å². The molecular weight excluding hydrogens is 402 g/mol. The second kappa shape index (κ2) is 9.41. The lowest BCUT2D eigenvalue weighted by Gasteiger charge is -2.20. The molecule has 0 aliphatic carbocycles. The topological polar surface area (TPSA) is 71.5 Å². The van der Waals surface area contributed by atoms with Crippen LogP contribution in [0.3, 0.4) is 0 Å². The van der Waals surface area contributed by atoms with Crippen molar-refractivity contribution in [3.05, 3.63) is 88.2 Å². The van der Waals surface area contributed by atoms with E-state index in [2.05, 4.69) is 10.3 Å². The highest BCUT2D eigenvalue weighted by Crippen LogP contribution is 2.28. The molecule has 3 rings (SSSR count). The van der Waals surface area contributed by atoms with E-state index in [1.54, 1.807) is 67.6 Å². The third kappa shape index (κ3) is 4.96. The first-order valence-corrected chi connectivity index (χ1v) is 9.68. The van der Waals surface area contributed by atoms with Gasteiger partial charge in [0.25, 0.3) is 11.8 Å². The summed E-state index contributed by atoms with van der Waals surface area (Å²) in [5.74, 6) is 0.0666. The number of nitrogens with one attached hydrogen (secondary N) is 1. The second-order valence-corrected chi connectivity index (χ2v) is 7.19. The van der Waals surface area contributed by atoms with Crippen molar-refractivity contribution in [2.75, 3.05) is 19.5 Å². The van der Waals surface area contributed by atoms with Gasteiger partial charge in [0.2, 0.25) is 0 Å². The van der Waals surface area contributed by atoms with Gasteiger partial charge in [0.05, 0.1) is 17.8 Å². The van der Waals surface area contributed by atoms with Gasteiger partial charge in [0, 0.05) is 24.8 Å². The number of aryl methyl sites for hydroxylation is 1. The molecule has 0 spiro atoms. The van der Waals surface area contributed by atoms with Crippen LogP contribution in [0.1, 0.15) is 32.1 Å². The van der Waals surface area contributed by atoms with Crippen LogP contribution in [-0.2, 0) is 6.54 Å². The van der Waals surface area contributed by atoms with Crippen molar-refractivity contribution >= 4 is 29.1 Å². The molecule has 0 radical (unpaired) electrons. The van der Waals surface area contributed by atoms with Gasteiger partial charge in [-0.15, -0.1) is 0 Å². The van der Waals surface area contributed by atoms with Crippen molar-refractivity contribution in [2.45, 2.75) is 13.5 Å². The molecule has 0 saturated heterocycles. The Morgan fingerprint density at radius 2 is 1.83 bits per heavy atom. The highest BCUT2D eigenvalue weighted by molar-refractivity contribution is 6.34. The maximum absolute atomic E-state index is 12.8. The number of para-hydroxylation sites is 1. The molecular formula is C23H22ClN3O3. The van der Waals surface area contributed by atoms with Crippen LogP contribution < -0.4 is 10.1 Å². The molecule has 7 heteroatoms. The summed E-state index contributed by atoms with van der Waals surface area (Å²) in [5, 5.41) is 3.22. The van der Waals surface area contributed by atoms with Crippen LogP contribution in [0.25, 0.3) is 0 Å². The zero-order valence-corrected chi connectivity index (χ0v) is 17.7. The molecule has 6 nitrogen and oxygen atoms in total. The molecule has 0 saturated carbocycles. The Morgan fingerprint density at radius 1 is 1.10 bits per heavy atom. The summed E-state index contributed by atoms with van der Waals surface area (Å²) >= 11 is 6.36. The number of nitrogens with zero attached hydrogens (tertiary/aromatic N) is 2. The normalized spacial score (nSPS) is 10.4. The molecule has 1 N–H and O–H groups in total. The molecule has 1 aromatic heterocycles. The lowest BCUT2D eigenvalue weighted by Crippen LogP contribution is -2.27. The summed E-state index contributed by atoms with van der Waals surface area (Å²) in [6, 6.07) is 17.5. The molecule has 0 fully saturated rings. The Kier molecular flexibility index (Phi) is 6.69. The third-order valence-electron chi connectivity index (χ3n) is 4.53. The summed E-state index contributed by atoms with van der Waals surface area (Å²) < 4.78 is 5.19. The van der Waals surface area contributed by atoms with Crippen LogP contribution in [0.4, 0.5) is 5.69 Å². The van der Waals surface area contributed by atoms with E-state index in [0.29, 0.717) is 33.3 Å². The number of carbonyl (C=O) groups is 2. The van der Waals surface area contributed by atoms with Crippen molar-refractivity contribution in [1.29, 1.82) is 0 Å². The molecule has 2 amide bonds. The fourth-order valence-electron chi connectivity index (χ4n) is 2.99. The third-order valence-corrected chi connectivity index (χ3v) is 4.85. The Morgan fingerprint density at radius 3 is 2.57 bits per heavy atom. The van der Waals surface area contributed by atoms with Crippen LogP contribution in [0.5, 0.6) is 5.75 Å². The van der Waals surface area contributed by atoms with E-state index in [1.807, 2.05) is 19.1 Å². The van der Waals surface area contributed by atoms with Gasteiger partial charge in [-0.05, 0) is 48.9 Å². The zero-order valence-electron chi connectivity index (χ0n) is 17.0. The Balaban J connectivity index is 1.82. The van der Waals surface area contributed by atoms with Crippen LogP contribution in [0.15, 0.2) is 60.7 Å². The summed E-state index contributed by atoms with van der Waals surface area (Å²) in [5.41, 5.74) is 2.71. The van der Waals surface area contributed by atoms with Gasteiger partial charge in [-0.3, -0.25) is 9.59 Å². The van der Waals surface area contributed by atoms with Gasteiger partial charge < -0.3 is 15.0 Å². The van der Waals surface area contributed by atoms with Crippen molar-refractivity contribution < 1.29 is 14.3 Å². The number of anilines is 1. The quantitative estimate of drug-likeness (QED) is 0.630. The summed E-state index contributed by atoms with van der Waals surface area (Å²) in [6.45, 7) is 2.07. The monoisotopic (exact) mass is 423 g/mol. The van der Waals surface area contributed by atoms with Gasteiger partial charge >= 0.3 is 0 Å². The van der Waals surface area contributed by atoms with Crippen LogP contribution in [0.2, 0.25) is 5.02 Å². The van der Waals surface area contributed by atoms with Crippen LogP contribution in [0, 0.1) is 6.92 Å². The second-order valence-electron chi connectivity index (χ2n) is 6.79. The Hall–Kier alpha value is -3.38. The number of hydrogen-bond donors (Lipinski definition) is 1. The van der Waals surface area contributed by atoms with Crippen molar-refractivity contribution in [2.24, 2.45) is 0 Å². The van der Waals surface area contributed by atoms with Crippen LogP contribution >= 0.6 is 11.6 Å². The number of rotatable bonds is 6. The minimum absolute atomic E-state index is 0.175. The number of ether oxygens (including phenoxy) is 1. The number of methoxy groups -OCH3 is 1. The van der Waals surface area contributed by atoms with Crippen molar-refractivity contribution in [3.63, 3.8) is 0 Å². The first kappa shape index (κ1) is 21.3. The number of carbonyl (C=O) groups excluding carboxylic acids is 2. The van der Waals surface area contributed by atoms with E-state index in [4.69, 9.17) is 16.3 Å². The summed E-state index contributed by atoms with van der Waals surface area (Å²) in [4.78, 5) is 31.3. The highest BCUT2D eigenvalue weighted by Gasteiger charge is 2.18. The Bertz CT molecular complexity index is 1080. The Labute approximate surface area is 180 Å². The predicted molar refractivity (Wildman–Crippen MR) is 117 cm³/mol. The minimum atomic E-state index is -0.366. The molecule has 0 bridgehead atoms. The van der Waals surface area contributed by atoms with E-state index in [-0.39, 0.29) is 18.4 Å². The lowest BCUT2D eigenvalue weighted by molar-refractivity contribution is 0.0785. The molecule has 154 valence electrons. The smallest absolute Gasteiger partial charge is 0.274 e. The molecule has 0 aliphatic heterocycles. The van der Waals surface area contributed by atoms with Crippen molar-refractivity contribution in [1.82, 2.24) is 9.88 Å². The number of halogens is 1. The fraction of sp³-hybridized carbons (Fsp3) is 0.174. The molecule has 0 unspecified atom stereocenters. The first-order chi connectivity index (χ1) is 14.4. The zero-order chi connectivity index (χ0) is 21.7. The maximum Gasteiger partial charge on any atom is 0.274 e. The average molecular weight is 424 g/mol. The van der Waals surface area contributed by atoms with E-state index < -0.39 is 0 Å². The number of hydrogen-bond acceptors (Lipinski definition) is 4. The van der Waals surface area contributed by atoms with E-state index in [1.165, 1.54) is 0 Å². The van der Waals surface area contributed by atoms with Gasteiger partial charge in [-0.1, -0.05) is 35.9 Å². The van der Waals surface area contributed by atoms with E-state index in [9.17, 15) is 9.59 Å². The van der Waals surface area contributed by atoms with Gasteiger partial charge in [0.1, 0.15) is 11.4 Å². The summed E-state index contributed by atoms with van der Waals surface area (Å²) in [7, 11) is 3.24. The number of pyridine rings is 1. The molecule has 30 heavy (non-hydrogen) atoms. The standard InChI is InChI=1S/C23H22ClN3O3/c1-15-7-4-12-20(25-15)22(28)26-21-17(9-6-11-19(21)24)14-27(2)23(29)16-8-5-10-18(13-16)30-3/h4-13H,14H2,1-3H3,(H,26,28).